The first kappa shape index (κ1) is 12.3. The van der Waals surface area contributed by atoms with Gasteiger partial charge in [-0.25, -0.2) is 9.97 Å². The average Bonchev–Trinajstić information content (AvgIpc) is 2.28. The topological polar surface area (TPSA) is 89.7 Å². The number of aryl methyl sites for hydroxylation is 1. The van der Waals surface area contributed by atoms with E-state index in [4.69, 9.17) is 10.0 Å². The zero-order valence-corrected chi connectivity index (χ0v) is 9.74. The van der Waals surface area contributed by atoms with Crippen LogP contribution in [0.25, 0.3) is 0 Å². The van der Waals surface area contributed by atoms with Gasteiger partial charge in [0.25, 0.3) is 0 Å². The van der Waals surface area contributed by atoms with Gasteiger partial charge in [0, 0.05) is 30.4 Å². The SMILES string of the molecule is Cc1nc(N2CCCC(O)C2)ncc1B(O)O. The molecule has 1 saturated heterocycles. The number of hydrogen-bond donors (Lipinski definition) is 3. The first-order valence-corrected chi connectivity index (χ1v) is 5.70. The predicted molar refractivity (Wildman–Crippen MR) is 64.0 cm³/mol. The number of aliphatic hydroxyl groups is 1. The normalized spacial score (nSPS) is 20.5. The Kier molecular flexibility index (Phi) is 3.61. The van der Waals surface area contributed by atoms with Gasteiger partial charge in [0.15, 0.2) is 0 Å². The van der Waals surface area contributed by atoms with Crippen LogP contribution in [0, 0.1) is 6.92 Å². The summed E-state index contributed by atoms with van der Waals surface area (Å²) in [5.41, 5.74) is 0.858. The molecule has 1 aliphatic heterocycles. The van der Waals surface area contributed by atoms with Crippen LogP contribution in [0.2, 0.25) is 0 Å². The van der Waals surface area contributed by atoms with E-state index in [-0.39, 0.29) is 6.10 Å². The highest BCUT2D eigenvalue weighted by Gasteiger charge is 2.22. The van der Waals surface area contributed by atoms with Gasteiger partial charge >= 0.3 is 7.12 Å². The highest BCUT2D eigenvalue weighted by Crippen LogP contribution is 2.15. The number of aliphatic hydroxyl groups excluding tert-OH is 1. The Morgan fingerprint density at radius 1 is 1.47 bits per heavy atom. The maximum Gasteiger partial charge on any atom is 0.491 e. The Morgan fingerprint density at radius 3 is 2.82 bits per heavy atom. The highest BCUT2D eigenvalue weighted by molar-refractivity contribution is 6.58. The van der Waals surface area contributed by atoms with Gasteiger partial charge < -0.3 is 20.1 Å². The fourth-order valence-electron chi connectivity index (χ4n) is 2.01. The third kappa shape index (κ3) is 2.74. The first-order valence-electron chi connectivity index (χ1n) is 5.70. The molecule has 0 aromatic carbocycles. The van der Waals surface area contributed by atoms with E-state index >= 15 is 0 Å². The zero-order chi connectivity index (χ0) is 12.4. The van der Waals surface area contributed by atoms with Crippen LogP contribution in [0.4, 0.5) is 5.95 Å². The van der Waals surface area contributed by atoms with E-state index in [1.165, 1.54) is 6.20 Å². The molecule has 0 bridgehead atoms. The average molecular weight is 237 g/mol. The number of anilines is 1. The van der Waals surface area contributed by atoms with Crippen LogP contribution in [0.3, 0.4) is 0 Å². The summed E-state index contributed by atoms with van der Waals surface area (Å²) >= 11 is 0. The smallest absolute Gasteiger partial charge is 0.423 e. The van der Waals surface area contributed by atoms with Crippen molar-refractivity contribution in [3.8, 4) is 0 Å². The number of rotatable bonds is 2. The van der Waals surface area contributed by atoms with Crippen molar-refractivity contribution in [3.63, 3.8) is 0 Å². The number of nitrogens with zero attached hydrogens (tertiary/aromatic N) is 3. The van der Waals surface area contributed by atoms with Crippen LogP contribution in [0.5, 0.6) is 0 Å². The van der Waals surface area contributed by atoms with Gasteiger partial charge in [0.2, 0.25) is 5.95 Å². The summed E-state index contributed by atoms with van der Waals surface area (Å²) in [6.45, 7) is 3.05. The van der Waals surface area contributed by atoms with E-state index in [2.05, 4.69) is 9.97 Å². The van der Waals surface area contributed by atoms with Crippen molar-refractivity contribution >= 4 is 18.5 Å². The second-order valence-electron chi connectivity index (χ2n) is 4.33. The molecular formula is C10H16BN3O3. The van der Waals surface area contributed by atoms with Crippen molar-refractivity contribution in [2.24, 2.45) is 0 Å². The third-order valence-electron chi connectivity index (χ3n) is 2.96. The van der Waals surface area contributed by atoms with Gasteiger partial charge in [-0.05, 0) is 19.8 Å². The molecule has 0 saturated carbocycles. The second-order valence-corrected chi connectivity index (χ2v) is 4.33. The van der Waals surface area contributed by atoms with E-state index in [1.54, 1.807) is 6.92 Å². The summed E-state index contributed by atoms with van der Waals surface area (Å²) in [6.07, 6.45) is 2.80. The highest BCUT2D eigenvalue weighted by atomic mass is 16.4. The number of piperidine rings is 1. The molecular weight excluding hydrogens is 221 g/mol. The minimum Gasteiger partial charge on any atom is -0.423 e. The number of hydrogen-bond acceptors (Lipinski definition) is 6. The first-order chi connectivity index (χ1) is 8.08. The van der Waals surface area contributed by atoms with Crippen molar-refractivity contribution in [2.75, 3.05) is 18.0 Å². The number of β-amino-alcohol motifs (C(OH)–C–C–N with tert-alkyl or cyclic N) is 1. The Balaban J connectivity index is 2.19. The van der Waals surface area contributed by atoms with E-state index in [0.29, 0.717) is 23.6 Å². The summed E-state index contributed by atoms with van der Waals surface area (Å²) in [7, 11) is -1.55. The van der Waals surface area contributed by atoms with Crippen LogP contribution in [-0.4, -0.2) is 51.4 Å². The van der Waals surface area contributed by atoms with E-state index in [9.17, 15) is 5.11 Å². The summed E-state index contributed by atoms with van der Waals surface area (Å²) < 4.78 is 0. The molecule has 1 atom stereocenters. The molecule has 0 aliphatic carbocycles. The molecule has 3 N–H and O–H groups in total. The largest absolute Gasteiger partial charge is 0.491 e. The zero-order valence-electron chi connectivity index (χ0n) is 9.74. The molecule has 6 nitrogen and oxygen atoms in total. The lowest BCUT2D eigenvalue weighted by Crippen LogP contribution is -2.40. The standard InChI is InChI=1S/C10H16BN3O3/c1-7-9(11(16)17)5-12-10(13-7)14-4-2-3-8(15)6-14/h5,8,15-17H,2-4,6H2,1H3. The molecule has 7 heteroatoms. The quantitative estimate of drug-likeness (QED) is 0.538. The van der Waals surface area contributed by atoms with Gasteiger partial charge in [0.1, 0.15) is 0 Å². The molecule has 0 spiro atoms. The summed E-state index contributed by atoms with van der Waals surface area (Å²) in [4.78, 5) is 10.3. The Bertz CT molecular complexity index is 402. The molecule has 1 fully saturated rings. The maximum absolute atomic E-state index is 9.58. The maximum atomic E-state index is 9.58. The molecule has 2 rings (SSSR count). The second kappa shape index (κ2) is 4.99. The van der Waals surface area contributed by atoms with Gasteiger partial charge in [0.05, 0.1) is 6.10 Å². The fourth-order valence-corrected chi connectivity index (χ4v) is 2.01. The molecule has 2 heterocycles. The van der Waals surface area contributed by atoms with Crippen molar-refractivity contribution in [3.05, 3.63) is 11.9 Å². The molecule has 0 radical (unpaired) electrons. The van der Waals surface area contributed by atoms with Crippen LogP contribution in [-0.2, 0) is 0 Å². The molecule has 0 amide bonds. The van der Waals surface area contributed by atoms with Crippen LogP contribution >= 0.6 is 0 Å². The predicted octanol–water partition coefficient (Wildman–Crippen LogP) is -1.57. The lowest BCUT2D eigenvalue weighted by Gasteiger charge is -2.30. The van der Waals surface area contributed by atoms with Gasteiger partial charge in [-0.15, -0.1) is 0 Å². The van der Waals surface area contributed by atoms with Gasteiger partial charge in [-0.1, -0.05) is 0 Å². The van der Waals surface area contributed by atoms with Crippen LogP contribution in [0.1, 0.15) is 18.5 Å². The van der Waals surface area contributed by atoms with Crippen LogP contribution < -0.4 is 10.4 Å². The van der Waals surface area contributed by atoms with Crippen molar-refractivity contribution in [2.45, 2.75) is 25.9 Å². The Labute approximate surface area is 100 Å². The molecule has 17 heavy (non-hydrogen) atoms. The minimum absolute atomic E-state index is 0.311. The third-order valence-corrected chi connectivity index (χ3v) is 2.96. The van der Waals surface area contributed by atoms with Crippen LogP contribution in [0.15, 0.2) is 6.20 Å². The molecule has 1 unspecified atom stereocenters. The van der Waals surface area contributed by atoms with E-state index < -0.39 is 7.12 Å². The molecule has 1 aliphatic rings. The summed E-state index contributed by atoms with van der Waals surface area (Å²) in [5, 5.41) is 27.7. The van der Waals surface area contributed by atoms with Crippen molar-refractivity contribution in [1.29, 1.82) is 0 Å². The van der Waals surface area contributed by atoms with E-state index in [0.717, 1.165) is 19.4 Å². The minimum atomic E-state index is -1.55. The summed E-state index contributed by atoms with van der Waals surface area (Å²) in [6, 6.07) is 0. The number of aromatic nitrogens is 2. The molecule has 92 valence electrons. The van der Waals surface area contributed by atoms with E-state index in [1.807, 2.05) is 4.90 Å². The lowest BCUT2D eigenvalue weighted by molar-refractivity contribution is 0.153. The monoisotopic (exact) mass is 237 g/mol. The van der Waals surface area contributed by atoms with Crippen molar-refractivity contribution in [1.82, 2.24) is 9.97 Å². The summed E-state index contributed by atoms with van der Waals surface area (Å²) in [5.74, 6) is 0.533. The van der Waals surface area contributed by atoms with Crippen molar-refractivity contribution < 1.29 is 15.2 Å². The fraction of sp³-hybridized carbons (Fsp3) is 0.600. The molecule has 1 aromatic heterocycles. The van der Waals surface area contributed by atoms with Gasteiger partial charge in [-0.3, -0.25) is 0 Å². The Hall–Kier alpha value is -1.18. The lowest BCUT2D eigenvalue weighted by atomic mass is 9.80. The van der Waals surface area contributed by atoms with Gasteiger partial charge in [-0.2, -0.15) is 0 Å². The Morgan fingerprint density at radius 2 is 2.24 bits per heavy atom. The molecule has 1 aromatic rings.